The number of piperazine rings is 1. The summed E-state index contributed by atoms with van der Waals surface area (Å²) in [5.41, 5.74) is 5.41. The second kappa shape index (κ2) is 13.9. The predicted molar refractivity (Wildman–Crippen MR) is 182 cm³/mol. The van der Waals surface area contributed by atoms with E-state index in [9.17, 15) is 24.8 Å². The van der Waals surface area contributed by atoms with Gasteiger partial charge in [-0.1, -0.05) is 67.6 Å². The number of fused-ring (bicyclic) bond motifs is 1. The van der Waals surface area contributed by atoms with Gasteiger partial charge in [-0.3, -0.25) is 29.5 Å². The van der Waals surface area contributed by atoms with Crippen LogP contribution in [0.1, 0.15) is 62.3 Å². The van der Waals surface area contributed by atoms with Gasteiger partial charge in [0.1, 0.15) is 0 Å². The third-order valence-electron chi connectivity index (χ3n) is 9.83. The van der Waals surface area contributed by atoms with E-state index in [0.29, 0.717) is 17.7 Å². The van der Waals surface area contributed by atoms with E-state index in [1.54, 1.807) is 48.5 Å². The highest BCUT2D eigenvalue weighted by Crippen LogP contribution is 2.42. The number of carbonyl (C=O) groups is 2. The second-order valence-electron chi connectivity index (χ2n) is 12.9. The first kappa shape index (κ1) is 32.6. The summed E-state index contributed by atoms with van der Waals surface area (Å²) in [6, 6.07) is 29.1. The molecule has 4 atom stereocenters. The summed E-state index contributed by atoms with van der Waals surface area (Å²) in [7, 11) is 0. The van der Waals surface area contributed by atoms with Crippen molar-refractivity contribution in [1.29, 1.82) is 0 Å². The van der Waals surface area contributed by atoms with Crippen LogP contribution >= 0.6 is 0 Å². The van der Waals surface area contributed by atoms with Gasteiger partial charge in [-0.05, 0) is 41.0 Å². The fourth-order valence-corrected chi connectivity index (χ4v) is 6.90. The van der Waals surface area contributed by atoms with Crippen LogP contribution in [-0.2, 0) is 22.6 Å². The number of carbonyl (C=O) groups excluding carboxylic acids is 2. The van der Waals surface area contributed by atoms with Crippen LogP contribution in [0.5, 0.6) is 0 Å². The van der Waals surface area contributed by atoms with E-state index in [1.807, 2.05) is 48.5 Å². The average molecular weight is 663 g/mol. The van der Waals surface area contributed by atoms with E-state index < -0.39 is 6.29 Å². The molecule has 2 amide bonds. The number of anilines is 1. The van der Waals surface area contributed by atoms with Crippen LogP contribution in [0.4, 0.5) is 11.4 Å². The maximum Gasteiger partial charge on any atom is 0.269 e. The Morgan fingerprint density at radius 3 is 1.96 bits per heavy atom. The van der Waals surface area contributed by atoms with Crippen LogP contribution in [0.2, 0.25) is 0 Å². The maximum absolute atomic E-state index is 12.9. The Morgan fingerprint density at radius 2 is 1.37 bits per heavy atom. The molecule has 2 fully saturated rings. The van der Waals surface area contributed by atoms with Crippen LogP contribution in [0, 0.1) is 16.0 Å². The minimum Gasteiger partial charge on any atom is -0.392 e. The molecule has 1 N–H and O–H groups in total. The number of amides is 2. The van der Waals surface area contributed by atoms with E-state index in [0.717, 1.165) is 54.1 Å². The van der Waals surface area contributed by atoms with Crippen molar-refractivity contribution in [3.63, 3.8) is 0 Å². The van der Waals surface area contributed by atoms with E-state index in [4.69, 9.17) is 9.47 Å². The molecule has 11 heteroatoms. The number of nitro benzene ring substituents is 1. The van der Waals surface area contributed by atoms with E-state index in [-0.39, 0.29) is 53.7 Å². The third-order valence-corrected chi connectivity index (χ3v) is 9.83. The fraction of sp³-hybridized carbons (Fsp3) is 0.316. The first-order chi connectivity index (χ1) is 23.8. The number of imide groups is 1. The lowest BCUT2D eigenvalue weighted by atomic mass is 9.90. The summed E-state index contributed by atoms with van der Waals surface area (Å²) >= 11 is 0. The average Bonchev–Trinajstić information content (AvgIpc) is 3.38. The van der Waals surface area contributed by atoms with Crippen molar-refractivity contribution in [3.8, 4) is 0 Å². The Labute approximate surface area is 284 Å². The molecule has 11 nitrogen and oxygen atoms in total. The Kier molecular flexibility index (Phi) is 9.24. The molecule has 0 bridgehead atoms. The van der Waals surface area contributed by atoms with Gasteiger partial charge >= 0.3 is 0 Å². The lowest BCUT2D eigenvalue weighted by Gasteiger charge is -2.44. The highest BCUT2D eigenvalue weighted by atomic mass is 16.7. The molecular weight excluding hydrogens is 624 g/mol. The normalized spacial score (nSPS) is 22.7. The van der Waals surface area contributed by atoms with Crippen molar-refractivity contribution >= 4 is 23.2 Å². The minimum absolute atomic E-state index is 0.0250. The number of nitrogens with zero attached hydrogens (tertiary/aromatic N) is 4. The molecule has 4 aromatic carbocycles. The van der Waals surface area contributed by atoms with Gasteiger partial charge in [0.15, 0.2) is 6.29 Å². The van der Waals surface area contributed by atoms with Gasteiger partial charge in [0.25, 0.3) is 17.5 Å². The fourth-order valence-electron chi connectivity index (χ4n) is 6.90. The number of non-ortho nitro benzene ring substituents is 1. The van der Waals surface area contributed by atoms with Crippen molar-refractivity contribution < 1.29 is 29.1 Å². The molecular formula is C38H38N4O7. The van der Waals surface area contributed by atoms with Crippen molar-refractivity contribution in [2.45, 2.75) is 38.6 Å². The van der Waals surface area contributed by atoms with Crippen LogP contribution in [0.15, 0.2) is 97.1 Å². The van der Waals surface area contributed by atoms with Crippen LogP contribution < -0.4 is 4.90 Å². The standard InChI is InChI=1S/C38H38N4O7/c1-25-34(23-39-18-20-40(21-19-39)30-14-16-31(17-15-30)42(46)47)48-38(49-35(25)28-10-8-27(24-43)9-11-28)29-12-6-26(7-13-29)22-41-36(44)32-4-2-3-5-33(32)37(41)45/h2-17,25,34-35,38,43H,18-24H2,1H3/t25-,34+,35+,38+/m0/s1. The Balaban J connectivity index is 1.05. The molecule has 252 valence electrons. The van der Waals surface area contributed by atoms with Crippen molar-refractivity contribution in [1.82, 2.24) is 9.80 Å². The topological polar surface area (TPSA) is 126 Å². The van der Waals surface area contributed by atoms with Crippen LogP contribution in [-0.4, -0.2) is 70.5 Å². The molecule has 4 aromatic rings. The quantitative estimate of drug-likeness (QED) is 0.141. The number of nitro groups is 1. The first-order valence-electron chi connectivity index (χ1n) is 16.6. The number of ether oxygens (including phenoxy) is 2. The molecule has 7 rings (SSSR count). The molecule has 49 heavy (non-hydrogen) atoms. The smallest absolute Gasteiger partial charge is 0.269 e. The summed E-state index contributed by atoms with van der Waals surface area (Å²) < 4.78 is 13.3. The molecule has 0 radical (unpaired) electrons. The molecule has 2 saturated heterocycles. The van der Waals surface area contributed by atoms with Gasteiger partial charge in [-0.2, -0.15) is 0 Å². The number of rotatable bonds is 9. The first-order valence-corrected chi connectivity index (χ1v) is 16.6. The summed E-state index contributed by atoms with van der Waals surface area (Å²) in [6.07, 6.45) is -1.04. The van der Waals surface area contributed by atoms with Crippen molar-refractivity contribution in [2.24, 2.45) is 5.92 Å². The van der Waals surface area contributed by atoms with Gasteiger partial charge in [0, 0.05) is 62.0 Å². The maximum atomic E-state index is 12.9. The Bertz CT molecular complexity index is 1790. The molecule has 0 spiro atoms. The van der Waals surface area contributed by atoms with E-state index in [2.05, 4.69) is 16.7 Å². The van der Waals surface area contributed by atoms with Gasteiger partial charge in [0.2, 0.25) is 0 Å². The minimum atomic E-state index is -0.640. The summed E-state index contributed by atoms with van der Waals surface area (Å²) in [5.74, 6) is -0.551. The Morgan fingerprint density at radius 1 is 0.776 bits per heavy atom. The number of hydrogen-bond acceptors (Lipinski definition) is 9. The molecule has 0 aliphatic carbocycles. The highest BCUT2D eigenvalue weighted by Gasteiger charge is 2.40. The third kappa shape index (κ3) is 6.70. The second-order valence-corrected chi connectivity index (χ2v) is 12.9. The molecule has 3 aliphatic heterocycles. The summed E-state index contributed by atoms with van der Waals surface area (Å²) in [6.45, 7) is 6.20. The highest BCUT2D eigenvalue weighted by molar-refractivity contribution is 6.21. The van der Waals surface area contributed by atoms with Gasteiger partial charge < -0.3 is 19.5 Å². The number of hydrogen-bond donors (Lipinski definition) is 1. The Hall–Kier alpha value is -4.94. The molecule has 3 aliphatic rings. The SMILES string of the molecule is C[C@H]1[C@@H](CN2CCN(c3ccc([N+](=O)[O-])cc3)CC2)O[C@@H](c2ccc(CN3C(=O)c4ccccc4C3=O)cc2)O[C@H]1c1ccc(CO)cc1. The zero-order chi connectivity index (χ0) is 34.1. The van der Waals surface area contributed by atoms with Crippen molar-refractivity contribution in [2.75, 3.05) is 37.6 Å². The largest absolute Gasteiger partial charge is 0.392 e. The van der Waals surface area contributed by atoms with Gasteiger partial charge in [-0.25, -0.2) is 0 Å². The monoisotopic (exact) mass is 662 g/mol. The van der Waals surface area contributed by atoms with Gasteiger partial charge in [-0.15, -0.1) is 0 Å². The van der Waals surface area contributed by atoms with Crippen LogP contribution in [0.3, 0.4) is 0 Å². The molecule has 3 heterocycles. The summed E-state index contributed by atoms with van der Waals surface area (Å²) in [4.78, 5) is 42.4. The molecule has 0 saturated carbocycles. The lowest BCUT2D eigenvalue weighted by Crippen LogP contribution is -2.51. The summed E-state index contributed by atoms with van der Waals surface area (Å²) in [5, 5.41) is 20.7. The van der Waals surface area contributed by atoms with Crippen LogP contribution in [0.25, 0.3) is 0 Å². The molecule has 0 unspecified atom stereocenters. The number of aliphatic hydroxyl groups excluding tert-OH is 1. The van der Waals surface area contributed by atoms with Crippen molar-refractivity contribution in [3.05, 3.63) is 141 Å². The zero-order valence-electron chi connectivity index (χ0n) is 27.2. The van der Waals surface area contributed by atoms with E-state index >= 15 is 0 Å². The predicted octanol–water partition coefficient (Wildman–Crippen LogP) is 5.50. The number of aliphatic hydroxyl groups is 1. The van der Waals surface area contributed by atoms with E-state index in [1.165, 1.54) is 4.90 Å². The molecule has 0 aromatic heterocycles. The zero-order valence-corrected chi connectivity index (χ0v) is 27.2. The lowest BCUT2D eigenvalue weighted by molar-refractivity contribution is -0.384. The number of benzene rings is 4. The van der Waals surface area contributed by atoms with Gasteiger partial charge in [0.05, 0.1) is 41.4 Å².